The highest BCUT2D eigenvalue weighted by molar-refractivity contribution is 5.74. The van der Waals surface area contributed by atoms with E-state index in [0.29, 0.717) is 5.92 Å². The summed E-state index contributed by atoms with van der Waals surface area (Å²) in [7, 11) is 3.56. The number of aromatic nitrogens is 2. The number of anilines is 3. The number of likely N-dealkylation sites (tertiary alicyclic amines) is 1. The summed E-state index contributed by atoms with van der Waals surface area (Å²) >= 11 is 0. The Labute approximate surface area is 221 Å². The quantitative estimate of drug-likeness (QED) is 0.553. The van der Waals surface area contributed by atoms with Crippen LogP contribution in [0.5, 0.6) is 0 Å². The van der Waals surface area contributed by atoms with Gasteiger partial charge in [0.25, 0.3) is 0 Å². The Morgan fingerprint density at radius 3 is 2.41 bits per heavy atom. The van der Waals surface area contributed by atoms with E-state index in [1.54, 1.807) is 25.2 Å². The molecule has 8 heteroatoms. The monoisotopic (exact) mass is 505 g/mol. The lowest BCUT2D eigenvalue weighted by Gasteiger charge is -2.42. The van der Waals surface area contributed by atoms with E-state index in [9.17, 15) is 4.79 Å². The summed E-state index contributed by atoms with van der Waals surface area (Å²) in [5.74, 6) is 2.27. The standard InChI is InChI=1S/C29H43N7O/c1-4-26-25(32-29(37)34(2)3)9-6-16-36(26)28-20-30-19-27(33-28)31-23-12-10-21(11-13-23)22-14-17-35(18-15-22)24-7-5-8-24/h10-13,19-20,22,24-26H,4-9,14-18H2,1-3H3,(H,31,33)(H,32,37)/t25-,26-/m1/s1. The lowest BCUT2D eigenvalue weighted by Crippen LogP contribution is -2.57. The molecule has 1 aliphatic carbocycles. The van der Waals surface area contributed by atoms with Gasteiger partial charge in [0.2, 0.25) is 0 Å². The molecule has 0 bridgehead atoms. The Morgan fingerprint density at radius 1 is 1.00 bits per heavy atom. The van der Waals surface area contributed by atoms with Crippen LogP contribution in [-0.2, 0) is 0 Å². The van der Waals surface area contributed by atoms with E-state index in [4.69, 9.17) is 4.98 Å². The molecule has 0 spiro atoms. The number of hydrogen-bond acceptors (Lipinski definition) is 6. The molecule has 1 aromatic heterocycles. The zero-order valence-corrected chi connectivity index (χ0v) is 22.7. The number of nitrogens with zero attached hydrogens (tertiary/aromatic N) is 5. The van der Waals surface area contributed by atoms with Gasteiger partial charge in [-0.15, -0.1) is 0 Å². The third kappa shape index (κ3) is 6.00. The van der Waals surface area contributed by atoms with Crippen LogP contribution in [0.1, 0.15) is 69.8 Å². The highest BCUT2D eigenvalue weighted by Gasteiger charge is 2.33. The fourth-order valence-electron chi connectivity index (χ4n) is 6.19. The predicted molar refractivity (Wildman–Crippen MR) is 150 cm³/mol. The molecule has 200 valence electrons. The van der Waals surface area contributed by atoms with Crippen LogP contribution in [0.4, 0.5) is 22.1 Å². The van der Waals surface area contributed by atoms with Gasteiger partial charge >= 0.3 is 6.03 Å². The van der Waals surface area contributed by atoms with Gasteiger partial charge in [-0.3, -0.25) is 4.98 Å². The van der Waals surface area contributed by atoms with E-state index >= 15 is 0 Å². The molecule has 3 fully saturated rings. The first kappa shape index (κ1) is 25.8. The molecular weight excluding hydrogens is 462 g/mol. The average Bonchev–Trinajstić information content (AvgIpc) is 2.88. The third-order valence-corrected chi connectivity index (χ3v) is 8.60. The molecule has 8 nitrogen and oxygen atoms in total. The molecule has 2 aliphatic heterocycles. The maximum absolute atomic E-state index is 12.3. The average molecular weight is 506 g/mol. The van der Waals surface area contributed by atoms with Crippen molar-refractivity contribution in [3.8, 4) is 0 Å². The molecule has 1 saturated carbocycles. The molecule has 5 rings (SSSR count). The number of carbonyl (C=O) groups is 1. The van der Waals surface area contributed by atoms with Crippen molar-refractivity contribution in [2.75, 3.05) is 43.9 Å². The number of carbonyl (C=O) groups excluding carboxylic acids is 1. The second-order valence-electron chi connectivity index (χ2n) is 11.2. The van der Waals surface area contributed by atoms with Crippen molar-refractivity contribution in [1.29, 1.82) is 0 Å². The number of amides is 2. The molecule has 2 aromatic rings. The first-order valence-electron chi connectivity index (χ1n) is 14.2. The third-order valence-electron chi connectivity index (χ3n) is 8.60. The van der Waals surface area contributed by atoms with Crippen LogP contribution in [-0.4, -0.2) is 77.7 Å². The second kappa shape index (κ2) is 11.7. The van der Waals surface area contributed by atoms with Gasteiger partial charge in [0.05, 0.1) is 24.5 Å². The molecule has 1 aromatic carbocycles. The van der Waals surface area contributed by atoms with Crippen molar-refractivity contribution < 1.29 is 4.79 Å². The van der Waals surface area contributed by atoms with Gasteiger partial charge in [-0.2, -0.15) is 0 Å². The Bertz CT molecular complexity index is 1030. The summed E-state index contributed by atoms with van der Waals surface area (Å²) in [5, 5.41) is 6.66. The van der Waals surface area contributed by atoms with Crippen molar-refractivity contribution in [1.82, 2.24) is 25.1 Å². The van der Waals surface area contributed by atoms with Gasteiger partial charge in [-0.1, -0.05) is 25.5 Å². The Kier molecular flexibility index (Phi) is 8.13. The first-order valence-corrected chi connectivity index (χ1v) is 14.2. The molecule has 0 radical (unpaired) electrons. The molecule has 0 unspecified atom stereocenters. The molecule has 2 saturated heterocycles. The van der Waals surface area contributed by atoms with Gasteiger partial charge in [0, 0.05) is 32.4 Å². The van der Waals surface area contributed by atoms with E-state index in [0.717, 1.165) is 49.2 Å². The Morgan fingerprint density at radius 2 is 1.76 bits per heavy atom. The number of piperidine rings is 2. The summed E-state index contributed by atoms with van der Waals surface area (Å²) in [5.41, 5.74) is 2.48. The van der Waals surface area contributed by atoms with Crippen molar-refractivity contribution in [2.45, 2.75) is 82.3 Å². The highest BCUT2D eigenvalue weighted by Crippen LogP contribution is 2.34. The summed E-state index contributed by atoms with van der Waals surface area (Å²) in [6, 6.07) is 10.0. The molecule has 2 amide bonds. The number of urea groups is 1. The Hall–Kier alpha value is -2.87. The van der Waals surface area contributed by atoms with Crippen molar-refractivity contribution in [3.63, 3.8) is 0 Å². The fraction of sp³-hybridized carbons (Fsp3) is 0.621. The summed E-state index contributed by atoms with van der Waals surface area (Å²) in [6.07, 6.45) is 13.3. The molecular formula is C29H43N7O. The zero-order valence-electron chi connectivity index (χ0n) is 22.7. The lowest BCUT2D eigenvalue weighted by molar-refractivity contribution is 0.0975. The van der Waals surface area contributed by atoms with E-state index in [-0.39, 0.29) is 18.1 Å². The smallest absolute Gasteiger partial charge is 0.317 e. The van der Waals surface area contributed by atoms with Gasteiger partial charge in [0.15, 0.2) is 5.82 Å². The normalized spacial score (nSPS) is 23.4. The van der Waals surface area contributed by atoms with Gasteiger partial charge in [0.1, 0.15) is 5.82 Å². The lowest BCUT2D eigenvalue weighted by atomic mass is 9.85. The van der Waals surface area contributed by atoms with Crippen LogP contribution in [0.2, 0.25) is 0 Å². The van der Waals surface area contributed by atoms with E-state index < -0.39 is 0 Å². The van der Waals surface area contributed by atoms with E-state index in [2.05, 4.69) is 56.6 Å². The molecule has 2 atom stereocenters. The Balaban J connectivity index is 1.21. The van der Waals surface area contributed by atoms with Crippen LogP contribution >= 0.6 is 0 Å². The van der Waals surface area contributed by atoms with Gasteiger partial charge in [-0.25, -0.2) is 9.78 Å². The number of rotatable bonds is 7. The number of benzene rings is 1. The van der Waals surface area contributed by atoms with Crippen LogP contribution in [0, 0.1) is 0 Å². The maximum atomic E-state index is 12.3. The summed E-state index contributed by atoms with van der Waals surface area (Å²) < 4.78 is 0. The maximum Gasteiger partial charge on any atom is 0.317 e. The topological polar surface area (TPSA) is 76.6 Å². The highest BCUT2D eigenvalue weighted by atomic mass is 16.2. The van der Waals surface area contributed by atoms with Crippen LogP contribution < -0.4 is 15.5 Å². The van der Waals surface area contributed by atoms with E-state index in [1.807, 2.05) is 6.20 Å². The second-order valence-corrected chi connectivity index (χ2v) is 11.2. The zero-order chi connectivity index (χ0) is 25.8. The molecule has 3 aliphatic rings. The predicted octanol–water partition coefficient (Wildman–Crippen LogP) is 4.97. The number of hydrogen-bond donors (Lipinski definition) is 2. The van der Waals surface area contributed by atoms with Crippen LogP contribution in [0.3, 0.4) is 0 Å². The molecule has 3 heterocycles. The van der Waals surface area contributed by atoms with Crippen molar-refractivity contribution in [2.24, 2.45) is 0 Å². The SMILES string of the molecule is CC[C@@H]1[C@H](NC(=O)N(C)C)CCCN1c1cncc(Nc2ccc(C3CCN(C4CCC4)CC3)cc2)n1. The van der Waals surface area contributed by atoms with Gasteiger partial charge < -0.3 is 25.3 Å². The van der Waals surface area contributed by atoms with Crippen LogP contribution in [0.25, 0.3) is 0 Å². The molecule has 2 N–H and O–H groups in total. The van der Waals surface area contributed by atoms with Crippen molar-refractivity contribution in [3.05, 3.63) is 42.2 Å². The van der Waals surface area contributed by atoms with Gasteiger partial charge in [-0.05, 0) is 81.6 Å². The summed E-state index contributed by atoms with van der Waals surface area (Å²) in [4.78, 5) is 28.3. The fourth-order valence-corrected chi connectivity index (χ4v) is 6.19. The van der Waals surface area contributed by atoms with Crippen molar-refractivity contribution >= 4 is 23.4 Å². The largest absolute Gasteiger partial charge is 0.350 e. The van der Waals surface area contributed by atoms with Crippen LogP contribution in [0.15, 0.2) is 36.7 Å². The minimum absolute atomic E-state index is 0.0424. The molecule has 37 heavy (non-hydrogen) atoms. The summed E-state index contributed by atoms with van der Waals surface area (Å²) in [6.45, 7) is 5.57. The first-order chi connectivity index (χ1) is 18.0. The van der Waals surface area contributed by atoms with E-state index in [1.165, 1.54) is 50.8 Å². The minimum atomic E-state index is -0.0424. The minimum Gasteiger partial charge on any atom is -0.350 e. The number of nitrogens with one attached hydrogen (secondary N) is 2.